The third kappa shape index (κ3) is 2.15. The number of hydrogen-bond donors (Lipinski definition) is 1. The van der Waals surface area contributed by atoms with E-state index in [4.69, 9.17) is 9.15 Å². The maximum atomic E-state index is 12.3. The molecule has 5 heteroatoms. The van der Waals surface area contributed by atoms with Crippen LogP contribution < -0.4 is 10.1 Å². The van der Waals surface area contributed by atoms with Gasteiger partial charge < -0.3 is 14.5 Å². The van der Waals surface area contributed by atoms with E-state index in [0.29, 0.717) is 24.6 Å². The minimum absolute atomic E-state index is 0.145. The second-order valence-electron chi connectivity index (χ2n) is 4.75. The van der Waals surface area contributed by atoms with Crippen molar-refractivity contribution in [2.24, 2.45) is 0 Å². The molecule has 1 aliphatic heterocycles. The summed E-state index contributed by atoms with van der Waals surface area (Å²) in [4.78, 5) is 16.5. The van der Waals surface area contributed by atoms with Crippen LogP contribution in [-0.4, -0.2) is 17.5 Å². The summed E-state index contributed by atoms with van der Waals surface area (Å²) in [5.41, 5.74) is 1.61. The van der Waals surface area contributed by atoms with E-state index in [1.54, 1.807) is 6.92 Å². The number of nitrogens with one attached hydrogen (secondary N) is 1. The van der Waals surface area contributed by atoms with Crippen molar-refractivity contribution in [1.29, 1.82) is 0 Å². The molecule has 2 heterocycles. The summed E-state index contributed by atoms with van der Waals surface area (Å²) < 4.78 is 11.0. The first-order valence-corrected chi connectivity index (χ1v) is 6.68. The van der Waals surface area contributed by atoms with Crippen LogP contribution in [0.2, 0.25) is 0 Å². The number of para-hydroxylation sites is 1. The molecule has 1 atom stereocenters. The van der Waals surface area contributed by atoms with Gasteiger partial charge >= 0.3 is 0 Å². The molecular weight excluding hydrogens is 256 g/mol. The lowest BCUT2D eigenvalue weighted by Crippen LogP contribution is -2.29. The molecular formula is C15H16N2O3. The van der Waals surface area contributed by atoms with Gasteiger partial charge in [0.2, 0.25) is 5.76 Å². The first kappa shape index (κ1) is 12.7. The Balaban J connectivity index is 1.78. The quantitative estimate of drug-likeness (QED) is 0.932. The summed E-state index contributed by atoms with van der Waals surface area (Å²) in [5.74, 6) is 1.43. The van der Waals surface area contributed by atoms with Gasteiger partial charge in [-0.3, -0.25) is 4.79 Å². The fraction of sp³-hybridized carbons (Fsp3) is 0.333. The number of fused-ring (bicyclic) bond motifs is 1. The number of aryl methyl sites for hydroxylation is 2. The Hall–Kier alpha value is -2.30. The van der Waals surface area contributed by atoms with Crippen molar-refractivity contribution in [3.8, 4) is 5.75 Å². The Kier molecular flexibility index (Phi) is 3.18. The van der Waals surface area contributed by atoms with Gasteiger partial charge in [-0.1, -0.05) is 25.1 Å². The molecule has 1 N–H and O–H groups in total. The largest absolute Gasteiger partial charge is 0.491 e. The molecule has 104 valence electrons. The zero-order valence-corrected chi connectivity index (χ0v) is 11.5. The normalized spacial score (nSPS) is 16.6. The molecule has 2 aromatic rings. The van der Waals surface area contributed by atoms with Gasteiger partial charge in [0, 0.05) is 12.0 Å². The van der Waals surface area contributed by atoms with Crippen LogP contribution in [-0.2, 0) is 6.42 Å². The number of carbonyl (C=O) groups is 1. The lowest BCUT2D eigenvalue weighted by molar-refractivity contribution is 0.0899. The van der Waals surface area contributed by atoms with Gasteiger partial charge in [0.15, 0.2) is 5.89 Å². The topological polar surface area (TPSA) is 64.4 Å². The van der Waals surface area contributed by atoms with Gasteiger partial charge in [-0.15, -0.1) is 0 Å². The van der Waals surface area contributed by atoms with Gasteiger partial charge in [-0.25, -0.2) is 4.98 Å². The number of hydrogen-bond acceptors (Lipinski definition) is 4. The van der Waals surface area contributed by atoms with Crippen molar-refractivity contribution in [3.63, 3.8) is 0 Å². The smallest absolute Gasteiger partial charge is 0.289 e. The van der Waals surface area contributed by atoms with Crippen LogP contribution >= 0.6 is 0 Å². The molecule has 0 saturated carbocycles. The highest BCUT2D eigenvalue weighted by Crippen LogP contribution is 2.31. The van der Waals surface area contributed by atoms with Crippen LogP contribution in [0, 0.1) is 6.92 Å². The summed E-state index contributed by atoms with van der Waals surface area (Å²) in [6.07, 6.45) is 0.670. The molecule has 0 spiro atoms. The third-order valence-electron chi connectivity index (χ3n) is 3.35. The number of aromatic nitrogens is 1. The number of oxazole rings is 1. The minimum Gasteiger partial charge on any atom is -0.491 e. The van der Waals surface area contributed by atoms with Crippen LogP contribution in [0.5, 0.6) is 5.75 Å². The number of amides is 1. The molecule has 1 amide bonds. The lowest BCUT2D eigenvalue weighted by Gasteiger charge is -2.10. The maximum absolute atomic E-state index is 12.3. The van der Waals surface area contributed by atoms with Crippen LogP contribution in [0.4, 0.5) is 0 Å². The molecule has 0 fully saturated rings. The van der Waals surface area contributed by atoms with Crippen LogP contribution in [0.1, 0.15) is 40.7 Å². The van der Waals surface area contributed by atoms with E-state index >= 15 is 0 Å². The van der Waals surface area contributed by atoms with Crippen molar-refractivity contribution >= 4 is 5.91 Å². The van der Waals surface area contributed by atoms with E-state index in [0.717, 1.165) is 11.3 Å². The lowest BCUT2D eigenvalue weighted by atomic mass is 10.1. The average Bonchev–Trinajstić information content (AvgIpc) is 3.03. The summed E-state index contributed by atoms with van der Waals surface area (Å²) in [7, 11) is 0. The van der Waals surface area contributed by atoms with Gasteiger partial charge in [0.05, 0.1) is 11.7 Å². The molecule has 20 heavy (non-hydrogen) atoms. The zero-order chi connectivity index (χ0) is 14.1. The van der Waals surface area contributed by atoms with Gasteiger partial charge in [0.25, 0.3) is 5.91 Å². The number of ether oxygens (including phenoxy) is 1. The van der Waals surface area contributed by atoms with Crippen LogP contribution in [0.25, 0.3) is 0 Å². The molecule has 5 nitrogen and oxygen atoms in total. The van der Waals surface area contributed by atoms with Crippen molar-refractivity contribution in [2.75, 3.05) is 6.61 Å². The molecule has 1 unspecified atom stereocenters. The van der Waals surface area contributed by atoms with Crippen LogP contribution in [0.15, 0.2) is 28.7 Å². The number of benzene rings is 1. The van der Waals surface area contributed by atoms with Crippen LogP contribution in [0.3, 0.4) is 0 Å². The molecule has 0 aliphatic carbocycles. The zero-order valence-electron chi connectivity index (χ0n) is 11.5. The summed E-state index contributed by atoms with van der Waals surface area (Å²) in [6.45, 7) is 4.16. The Labute approximate surface area is 117 Å². The minimum atomic E-state index is -0.250. The Morgan fingerprint density at radius 1 is 1.45 bits per heavy atom. The second-order valence-corrected chi connectivity index (χ2v) is 4.75. The molecule has 1 aromatic carbocycles. The van der Waals surface area contributed by atoms with E-state index in [9.17, 15) is 4.79 Å². The van der Waals surface area contributed by atoms with E-state index in [1.807, 2.05) is 31.2 Å². The molecule has 1 aromatic heterocycles. The van der Waals surface area contributed by atoms with E-state index in [-0.39, 0.29) is 17.7 Å². The van der Waals surface area contributed by atoms with Gasteiger partial charge in [-0.05, 0) is 13.0 Å². The third-order valence-corrected chi connectivity index (χ3v) is 3.35. The molecule has 0 bridgehead atoms. The second kappa shape index (κ2) is 5.00. The number of rotatable bonds is 3. The average molecular weight is 272 g/mol. The SMILES string of the molecule is CCc1nc(C)c(C(=O)NC2COc3ccccc32)o1. The Bertz CT molecular complexity index is 648. The highest BCUT2D eigenvalue weighted by molar-refractivity contribution is 5.92. The first-order chi connectivity index (χ1) is 9.69. The first-order valence-electron chi connectivity index (χ1n) is 6.68. The summed E-state index contributed by atoms with van der Waals surface area (Å²) in [5, 5.41) is 2.93. The predicted molar refractivity (Wildman–Crippen MR) is 72.8 cm³/mol. The van der Waals surface area contributed by atoms with Crippen molar-refractivity contribution in [3.05, 3.63) is 47.2 Å². The van der Waals surface area contributed by atoms with Crippen molar-refractivity contribution in [1.82, 2.24) is 10.3 Å². The Morgan fingerprint density at radius 3 is 3.00 bits per heavy atom. The van der Waals surface area contributed by atoms with Crippen molar-refractivity contribution in [2.45, 2.75) is 26.3 Å². The number of nitrogens with zero attached hydrogens (tertiary/aromatic N) is 1. The Morgan fingerprint density at radius 2 is 2.25 bits per heavy atom. The molecule has 0 radical (unpaired) electrons. The molecule has 3 rings (SSSR count). The van der Waals surface area contributed by atoms with E-state index in [1.165, 1.54) is 0 Å². The maximum Gasteiger partial charge on any atom is 0.289 e. The number of carbonyl (C=O) groups excluding carboxylic acids is 1. The molecule has 1 aliphatic rings. The molecule has 0 saturated heterocycles. The van der Waals surface area contributed by atoms with Crippen molar-refractivity contribution < 1.29 is 13.9 Å². The predicted octanol–water partition coefficient (Wildman–Crippen LogP) is 2.41. The van der Waals surface area contributed by atoms with Gasteiger partial charge in [0.1, 0.15) is 12.4 Å². The fourth-order valence-corrected chi connectivity index (χ4v) is 2.32. The highest BCUT2D eigenvalue weighted by atomic mass is 16.5. The van der Waals surface area contributed by atoms with E-state index in [2.05, 4.69) is 10.3 Å². The van der Waals surface area contributed by atoms with E-state index < -0.39 is 0 Å². The van der Waals surface area contributed by atoms with Gasteiger partial charge in [-0.2, -0.15) is 0 Å². The summed E-state index contributed by atoms with van der Waals surface area (Å²) >= 11 is 0. The highest BCUT2D eigenvalue weighted by Gasteiger charge is 2.27. The fourth-order valence-electron chi connectivity index (χ4n) is 2.32. The summed E-state index contributed by atoms with van der Waals surface area (Å²) in [6, 6.07) is 7.56. The monoisotopic (exact) mass is 272 g/mol. The standard InChI is InChI=1S/C15H16N2O3/c1-3-13-16-9(2)14(20-13)15(18)17-11-8-19-12-7-5-4-6-10(11)12/h4-7,11H,3,8H2,1-2H3,(H,17,18).